The third-order valence-electron chi connectivity index (χ3n) is 5.05. The molecule has 31 heavy (non-hydrogen) atoms. The van der Waals surface area contributed by atoms with Crippen molar-refractivity contribution in [3.63, 3.8) is 0 Å². The lowest BCUT2D eigenvalue weighted by Gasteiger charge is -2.26. The SMILES string of the molecule is O=C1CCCCN1c1ccc(S(=O)Nc2cc(-c3nc4ncccc4o3)ccn2)cc1. The van der Waals surface area contributed by atoms with Crippen LogP contribution in [0, 0.1) is 0 Å². The lowest BCUT2D eigenvalue weighted by molar-refractivity contribution is -0.119. The molecule has 1 unspecified atom stereocenters. The average molecular weight is 433 g/mol. The lowest BCUT2D eigenvalue weighted by Crippen LogP contribution is -2.35. The number of pyridine rings is 2. The monoisotopic (exact) mass is 433 g/mol. The molecule has 1 aromatic carbocycles. The first-order valence-electron chi connectivity index (χ1n) is 9.94. The van der Waals surface area contributed by atoms with Gasteiger partial charge in [-0.05, 0) is 61.4 Å². The van der Waals surface area contributed by atoms with Gasteiger partial charge in [0.2, 0.25) is 11.8 Å². The number of carbonyl (C=O) groups excluding carboxylic acids is 1. The van der Waals surface area contributed by atoms with E-state index >= 15 is 0 Å². The van der Waals surface area contributed by atoms with Crippen LogP contribution in [0.3, 0.4) is 0 Å². The summed E-state index contributed by atoms with van der Waals surface area (Å²) in [5, 5.41) is 0. The van der Waals surface area contributed by atoms with Gasteiger partial charge in [0.05, 0.1) is 4.90 Å². The van der Waals surface area contributed by atoms with Crippen molar-refractivity contribution in [3.05, 3.63) is 60.9 Å². The Morgan fingerprint density at radius 3 is 2.71 bits per heavy atom. The van der Waals surface area contributed by atoms with Gasteiger partial charge in [0.15, 0.2) is 22.2 Å². The molecule has 1 saturated heterocycles. The maximum absolute atomic E-state index is 12.8. The van der Waals surface area contributed by atoms with Gasteiger partial charge in [-0.1, -0.05) is 0 Å². The highest BCUT2D eigenvalue weighted by Crippen LogP contribution is 2.25. The van der Waals surface area contributed by atoms with Crippen molar-refractivity contribution in [2.24, 2.45) is 0 Å². The average Bonchev–Trinajstić information content (AvgIpc) is 3.24. The summed E-state index contributed by atoms with van der Waals surface area (Å²) in [6.07, 6.45) is 5.77. The van der Waals surface area contributed by atoms with Crippen LogP contribution in [0.25, 0.3) is 22.7 Å². The van der Waals surface area contributed by atoms with Gasteiger partial charge in [0.1, 0.15) is 5.82 Å². The summed E-state index contributed by atoms with van der Waals surface area (Å²) in [4.78, 5) is 27.3. The third-order valence-corrected chi connectivity index (χ3v) is 6.15. The van der Waals surface area contributed by atoms with Crippen molar-refractivity contribution < 1.29 is 13.4 Å². The summed E-state index contributed by atoms with van der Waals surface area (Å²) in [5.41, 5.74) is 2.65. The molecule has 0 aliphatic carbocycles. The molecule has 8 nitrogen and oxygen atoms in total. The van der Waals surface area contributed by atoms with E-state index in [2.05, 4.69) is 19.7 Å². The number of fused-ring (bicyclic) bond motifs is 1. The first-order chi connectivity index (χ1) is 15.2. The lowest BCUT2D eigenvalue weighted by atomic mass is 10.1. The van der Waals surface area contributed by atoms with Gasteiger partial charge in [0.25, 0.3) is 0 Å². The van der Waals surface area contributed by atoms with Crippen molar-refractivity contribution in [2.45, 2.75) is 24.2 Å². The molecule has 1 atom stereocenters. The molecule has 1 fully saturated rings. The highest BCUT2D eigenvalue weighted by Gasteiger charge is 2.19. The van der Waals surface area contributed by atoms with Gasteiger partial charge in [-0.25, -0.2) is 14.2 Å². The number of nitrogens with zero attached hydrogens (tertiary/aromatic N) is 4. The molecule has 5 rings (SSSR count). The molecule has 3 aromatic heterocycles. The largest absolute Gasteiger partial charge is 0.434 e. The Morgan fingerprint density at radius 1 is 1.03 bits per heavy atom. The fourth-order valence-corrected chi connectivity index (χ4v) is 4.30. The number of rotatable bonds is 5. The zero-order valence-corrected chi connectivity index (χ0v) is 17.3. The molecule has 0 bridgehead atoms. The minimum absolute atomic E-state index is 0.133. The summed E-state index contributed by atoms with van der Waals surface area (Å²) in [5.74, 6) is 0.982. The minimum Gasteiger partial charge on any atom is -0.434 e. The van der Waals surface area contributed by atoms with Crippen LogP contribution < -0.4 is 9.62 Å². The highest BCUT2D eigenvalue weighted by atomic mass is 32.2. The van der Waals surface area contributed by atoms with Gasteiger partial charge in [-0.15, -0.1) is 0 Å². The third kappa shape index (κ3) is 4.04. The quantitative estimate of drug-likeness (QED) is 0.512. The normalized spacial score (nSPS) is 15.2. The van der Waals surface area contributed by atoms with E-state index in [-0.39, 0.29) is 5.91 Å². The van der Waals surface area contributed by atoms with Crippen molar-refractivity contribution in [3.8, 4) is 11.5 Å². The fraction of sp³-hybridized carbons (Fsp3) is 0.182. The number of benzene rings is 1. The zero-order valence-electron chi connectivity index (χ0n) is 16.5. The van der Waals surface area contributed by atoms with Crippen LogP contribution in [0.4, 0.5) is 11.5 Å². The summed E-state index contributed by atoms with van der Waals surface area (Å²) in [6, 6.07) is 14.3. The summed E-state index contributed by atoms with van der Waals surface area (Å²) < 4.78 is 21.4. The van der Waals surface area contributed by atoms with Crippen LogP contribution >= 0.6 is 0 Å². The Balaban J connectivity index is 1.32. The van der Waals surface area contributed by atoms with Gasteiger partial charge in [-0.2, -0.15) is 4.98 Å². The molecule has 4 heterocycles. The number of aromatic nitrogens is 3. The first-order valence-corrected chi connectivity index (χ1v) is 11.1. The van der Waals surface area contributed by atoms with E-state index in [9.17, 15) is 9.00 Å². The summed E-state index contributed by atoms with van der Waals surface area (Å²) >= 11 is 0. The Morgan fingerprint density at radius 2 is 1.90 bits per heavy atom. The maximum atomic E-state index is 12.8. The van der Waals surface area contributed by atoms with Gasteiger partial charge >= 0.3 is 0 Å². The molecule has 0 spiro atoms. The molecule has 1 aliphatic rings. The molecule has 1 N–H and O–H groups in total. The molecule has 4 aromatic rings. The van der Waals surface area contributed by atoms with Crippen LogP contribution in [-0.4, -0.2) is 31.6 Å². The van der Waals surface area contributed by atoms with Crippen LogP contribution in [0.1, 0.15) is 19.3 Å². The molecule has 156 valence electrons. The topological polar surface area (TPSA) is 101 Å². The predicted molar refractivity (Wildman–Crippen MR) is 118 cm³/mol. The highest BCUT2D eigenvalue weighted by molar-refractivity contribution is 7.86. The number of amides is 1. The van der Waals surface area contributed by atoms with Gasteiger partial charge in [-0.3, -0.25) is 9.52 Å². The number of nitrogens with one attached hydrogen (secondary N) is 1. The molecule has 1 aliphatic heterocycles. The number of hydrogen-bond acceptors (Lipinski definition) is 6. The predicted octanol–water partition coefficient (Wildman–Crippen LogP) is 3.94. The smallest absolute Gasteiger partial charge is 0.229 e. The second-order valence-corrected chi connectivity index (χ2v) is 8.35. The van der Waals surface area contributed by atoms with E-state index in [1.54, 1.807) is 53.7 Å². The molecular formula is C22H19N5O3S. The molecular weight excluding hydrogens is 414 g/mol. The molecule has 1 amide bonds. The van der Waals surface area contributed by atoms with Crippen molar-refractivity contribution in [2.75, 3.05) is 16.2 Å². The Bertz CT molecular complexity index is 1240. The van der Waals surface area contributed by atoms with E-state index in [1.807, 2.05) is 12.1 Å². The number of anilines is 2. The summed E-state index contributed by atoms with van der Waals surface area (Å²) in [7, 11) is -1.52. The first kappa shape index (κ1) is 19.4. The van der Waals surface area contributed by atoms with E-state index in [0.29, 0.717) is 39.8 Å². The van der Waals surface area contributed by atoms with E-state index in [0.717, 1.165) is 25.1 Å². The molecule has 0 saturated carbocycles. The van der Waals surface area contributed by atoms with E-state index in [4.69, 9.17) is 4.42 Å². The van der Waals surface area contributed by atoms with Gasteiger partial charge < -0.3 is 9.32 Å². The zero-order chi connectivity index (χ0) is 21.2. The van der Waals surface area contributed by atoms with Crippen molar-refractivity contribution in [1.82, 2.24) is 15.0 Å². The molecule has 9 heteroatoms. The number of oxazole rings is 1. The maximum Gasteiger partial charge on any atom is 0.229 e. The van der Waals surface area contributed by atoms with Crippen LogP contribution in [-0.2, 0) is 15.8 Å². The van der Waals surface area contributed by atoms with Crippen LogP contribution in [0.15, 0.2) is 70.2 Å². The second-order valence-electron chi connectivity index (χ2n) is 7.14. The number of carbonyl (C=O) groups is 1. The van der Waals surface area contributed by atoms with Crippen molar-refractivity contribution in [1.29, 1.82) is 0 Å². The number of piperidine rings is 1. The minimum atomic E-state index is -1.52. The van der Waals surface area contributed by atoms with Gasteiger partial charge in [0, 0.05) is 36.6 Å². The van der Waals surface area contributed by atoms with Crippen molar-refractivity contribution >= 4 is 39.6 Å². The Hall–Kier alpha value is -3.59. The summed E-state index contributed by atoms with van der Waals surface area (Å²) in [6.45, 7) is 0.724. The number of hydrogen-bond donors (Lipinski definition) is 1. The fourth-order valence-electron chi connectivity index (χ4n) is 3.49. The Labute approximate surface area is 180 Å². The second kappa shape index (κ2) is 8.27. The van der Waals surface area contributed by atoms with E-state index < -0.39 is 11.0 Å². The van der Waals surface area contributed by atoms with Crippen LogP contribution in [0.2, 0.25) is 0 Å². The molecule has 0 radical (unpaired) electrons. The van der Waals surface area contributed by atoms with Crippen LogP contribution in [0.5, 0.6) is 0 Å². The Kier molecular flexibility index (Phi) is 5.17. The van der Waals surface area contributed by atoms with E-state index in [1.165, 1.54) is 0 Å². The standard InChI is InChI=1S/C22H19N5O3S/c28-20-5-1-2-13-27(20)16-6-8-17(9-7-16)31(29)26-19-14-15(10-12-23-19)22-25-21-18(30-22)4-3-11-24-21/h3-4,6-12,14H,1-2,5,13H2,(H,23,26).